The Hall–Kier alpha value is -1.34. The van der Waals surface area contributed by atoms with Gasteiger partial charge in [-0.25, -0.2) is 4.79 Å². The molecule has 1 N–H and O–H groups in total. The van der Waals surface area contributed by atoms with Crippen LogP contribution in [-0.2, 0) is 9.53 Å². The molecule has 7 nitrogen and oxygen atoms in total. The van der Waals surface area contributed by atoms with Crippen molar-refractivity contribution >= 4 is 11.9 Å². The predicted molar refractivity (Wildman–Crippen MR) is 83.7 cm³/mol. The summed E-state index contributed by atoms with van der Waals surface area (Å²) >= 11 is 0. The number of carbonyl (C=O) groups is 2. The monoisotopic (exact) mass is 312 g/mol. The largest absolute Gasteiger partial charge is 0.378 e. The highest BCUT2D eigenvalue weighted by Crippen LogP contribution is 2.10. The Morgan fingerprint density at radius 3 is 2.23 bits per heavy atom. The van der Waals surface area contributed by atoms with Crippen LogP contribution in [0.2, 0.25) is 0 Å². The highest BCUT2D eigenvalue weighted by Gasteiger charge is 2.29. The Morgan fingerprint density at radius 1 is 1.05 bits per heavy atom. The third-order valence-electron chi connectivity index (χ3n) is 4.34. The first-order valence-corrected chi connectivity index (χ1v) is 8.27. The molecule has 2 saturated heterocycles. The van der Waals surface area contributed by atoms with Gasteiger partial charge in [-0.2, -0.15) is 0 Å². The van der Waals surface area contributed by atoms with Gasteiger partial charge >= 0.3 is 6.03 Å². The molecule has 0 aromatic rings. The highest BCUT2D eigenvalue weighted by atomic mass is 16.5. The van der Waals surface area contributed by atoms with Gasteiger partial charge in [0.05, 0.1) is 19.3 Å². The Balaban J connectivity index is 1.77. The van der Waals surface area contributed by atoms with E-state index in [2.05, 4.69) is 10.2 Å². The second-order valence-electron chi connectivity index (χ2n) is 5.87. The van der Waals surface area contributed by atoms with E-state index in [1.165, 1.54) is 0 Å². The molecule has 126 valence electrons. The molecule has 0 saturated carbocycles. The Kier molecular flexibility index (Phi) is 6.45. The number of urea groups is 1. The summed E-state index contributed by atoms with van der Waals surface area (Å²) < 4.78 is 5.28. The molecule has 0 spiro atoms. The minimum atomic E-state index is -0.132. The van der Waals surface area contributed by atoms with Crippen molar-refractivity contribution in [2.75, 3.05) is 59.0 Å². The van der Waals surface area contributed by atoms with Gasteiger partial charge in [0.25, 0.3) is 0 Å². The average Bonchev–Trinajstić information content (AvgIpc) is 2.59. The Morgan fingerprint density at radius 2 is 1.64 bits per heavy atom. The van der Waals surface area contributed by atoms with Crippen molar-refractivity contribution in [2.45, 2.75) is 26.3 Å². The van der Waals surface area contributed by atoms with Gasteiger partial charge in [-0.05, 0) is 13.3 Å². The van der Waals surface area contributed by atoms with Crippen molar-refractivity contribution in [3.63, 3.8) is 0 Å². The molecule has 2 aliphatic rings. The van der Waals surface area contributed by atoms with Crippen LogP contribution < -0.4 is 5.32 Å². The van der Waals surface area contributed by atoms with E-state index < -0.39 is 0 Å². The van der Waals surface area contributed by atoms with E-state index in [-0.39, 0.29) is 18.0 Å². The molecule has 1 unspecified atom stereocenters. The summed E-state index contributed by atoms with van der Waals surface area (Å²) in [6, 6.07) is -0.0294. The summed E-state index contributed by atoms with van der Waals surface area (Å²) in [6.45, 7) is 10.2. The highest BCUT2D eigenvalue weighted by molar-refractivity contribution is 5.81. The molecular formula is C15H28N4O3. The van der Waals surface area contributed by atoms with E-state index in [4.69, 9.17) is 4.74 Å². The lowest BCUT2D eigenvalue weighted by Gasteiger charge is -2.40. The van der Waals surface area contributed by atoms with Crippen LogP contribution in [0.1, 0.15) is 20.3 Å². The maximum absolute atomic E-state index is 12.4. The average molecular weight is 312 g/mol. The standard InChI is InChI=1S/C15H28N4O3/c1-3-4-16-14(20)13(2)17-5-7-18(8-6-17)15(21)19-9-11-22-12-10-19/h13H,3-12H2,1-2H3,(H,16,20). The van der Waals surface area contributed by atoms with Gasteiger partial charge in [0.2, 0.25) is 5.91 Å². The van der Waals surface area contributed by atoms with E-state index in [0.29, 0.717) is 39.4 Å². The van der Waals surface area contributed by atoms with Crippen LogP contribution >= 0.6 is 0 Å². The molecule has 2 aliphatic heterocycles. The first-order chi connectivity index (χ1) is 10.6. The van der Waals surface area contributed by atoms with E-state index in [0.717, 1.165) is 26.1 Å². The van der Waals surface area contributed by atoms with E-state index in [9.17, 15) is 9.59 Å². The number of amides is 3. The number of nitrogens with zero attached hydrogens (tertiary/aromatic N) is 3. The normalized spacial score (nSPS) is 21.5. The molecule has 7 heteroatoms. The maximum atomic E-state index is 12.4. The van der Waals surface area contributed by atoms with E-state index in [1.807, 2.05) is 23.6 Å². The van der Waals surface area contributed by atoms with Gasteiger partial charge in [0, 0.05) is 45.8 Å². The molecular weight excluding hydrogens is 284 g/mol. The lowest BCUT2D eigenvalue weighted by Crippen LogP contribution is -2.58. The van der Waals surface area contributed by atoms with Crippen molar-refractivity contribution in [1.29, 1.82) is 0 Å². The molecule has 1 atom stereocenters. The van der Waals surface area contributed by atoms with Crippen molar-refractivity contribution in [1.82, 2.24) is 20.0 Å². The predicted octanol–water partition coefficient (Wildman–Crippen LogP) is -0.0291. The molecule has 2 heterocycles. The molecule has 2 fully saturated rings. The smallest absolute Gasteiger partial charge is 0.320 e. The van der Waals surface area contributed by atoms with Crippen LogP contribution in [0, 0.1) is 0 Å². The SMILES string of the molecule is CCCNC(=O)C(C)N1CCN(C(=O)N2CCOCC2)CC1. The topological polar surface area (TPSA) is 65.1 Å². The fourth-order valence-electron chi connectivity index (χ4n) is 2.82. The van der Waals surface area contributed by atoms with Crippen LogP contribution in [-0.4, -0.2) is 91.7 Å². The lowest BCUT2D eigenvalue weighted by atomic mass is 10.2. The number of ether oxygens (including phenoxy) is 1. The third-order valence-corrected chi connectivity index (χ3v) is 4.34. The van der Waals surface area contributed by atoms with Crippen molar-refractivity contribution in [3.8, 4) is 0 Å². The van der Waals surface area contributed by atoms with Crippen LogP contribution in [0.5, 0.6) is 0 Å². The minimum Gasteiger partial charge on any atom is -0.378 e. The molecule has 0 aromatic heterocycles. The first-order valence-electron chi connectivity index (χ1n) is 8.27. The zero-order valence-electron chi connectivity index (χ0n) is 13.7. The second kappa shape index (κ2) is 8.33. The summed E-state index contributed by atoms with van der Waals surface area (Å²) in [6.07, 6.45) is 0.945. The van der Waals surface area contributed by atoms with Gasteiger partial charge < -0.3 is 19.9 Å². The number of morpholine rings is 1. The number of hydrogen-bond donors (Lipinski definition) is 1. The van der Waals surface area contributed by atoms with Crippen molar-refractivity contribution in [3.05, 3.63) is 0 Å². The molecule has 0 aromatic carbocycles. The number of piperazine rings is 1. The van der Waals surface area contributed by atoms with Crippen molar-refractivity contribution < 1.29 is 14.3 Å². The zero-order valence-corrected chi connectivity index (χ0v) is 13.7. The van der Waals surface area contributed by atoms with Crippen LogP contribution in [0.4, 0.5) is 4.79 Å². The van der Waals surface area contributed by atoms with Crippen molar-refractivity contribution in [2.24, 2.45) is 0 Å². The van der Waals surface area contributed by atoms with Gasteiger partial charge in [-0.15, -0.1) is 0 Å². The zero-order chi connectivity index (χ0) is 15.9. The Bertz CT molecular complexity index is 377. The van der Waals surface area contributed by atoms with Crippen LogP contribution in [0.3, 0.4) is 0 Å². The lowest BCUT2D eigenvalue weighted by molar-refractivity contribution is -0.126. The summed E-state index contributed by atoms with van der Waals surface area (Å²) in [5.41, 5.74) is 0. The third kappa shape index (κ3) is 4.33. The van der Waals surface area contributed by atoms with Crippen LogP contribution in [0.25, 0.3) is 0 Å². The summed E-state index contributed by atoms with van der Waals surface area (Å²) in [4.78, 5) is 30.3. The van der Waals surface area contributed by atoms with Gasteiger partial charge in [0.15, 0.2) is 0 Å². The second-order valence-corrected chi connectivity index (χ2v) is 5.87. The number of hydrogen-bond acceptors (Lipinski definition) is 4. The number of nitrogens with one attached hydrogen (secondary N) is 1. The number of rotatable bonds is 4. The molecule has 3 amide bonds. The number of carbonyl (C=O) groups excluding carboxylic acids is 2. The molecule has 0 bridgehead atoms. The molecule has 0 radical (unpaired) electrons. The fraction of sp³-hybridized carbons (Fsp3) is 0.867. The van der Waals surface area contributed by atoms with Crippen LogP contribution in [0.15, 0.2) is 0 Å². The summed E-state index contributed by atoms with van der Waals surface area (Å²) in [5, 5.41) is 2.93. The Labute approximate surface area is 132 Å². The van der Waals surface area contributed by atoms with Gasteiger partial charge in [-0.3, -0.25) is 9.69 Å². The maximum Gasteiger partial charge on any atom is 0.320 e. The summed E-state index contributed by atoms with van der Waals surface area (Å²) in [7, 11) is 0. The quantitative estimate of drug-likeness (QED) is 0.792. The molecule has 0 aliphatic carbocycles. The molecule has 2 rings (SSSR count). The first kappa shape index (κ1) is 17.0. The summed E-state index contributed by atoms with van der Waals surface area (Å²) in [5.74, 6) is 0.0785. The van der Waals surface area contributed by atoms with Gasteiger partial charge in [0.1, 0.15) is 0 Å². The fourth-order valence-corrected chi connectivity index (χ4v) is 2.82. The van der Waals surface area contributed by atoms with E-state index in [1.54, 1.807) is 0 Å². The van der Waals surface area contributed by atoms with Gasteiger partial charge in [-0.1, -0.05) is 6.92 Å². The molecule has 22 heavy (non-hydrogen) atoms. The minimum absolute atomic E-state index is 0.0785. The van der Waals surface area contributed by atoms with E-state index >= 15 is 0 Å².